The van der Waals surface area contributed by atoms with Crippen LogP contribution in [0.2, 0.25) is 0 Å². The maximum Gasteiger partial charge on any atom is 0.305 e. The Morgan fingerprint density at radius 3 is 2.52 bits per heavy atom. The molecule has 7 nitrogen and oxygen atoms in total. The van der Waals surface area contributed by atoms with Gasteiger partial charge in [0.2, 0.25) is 0 Å². The Bertz CT molecular complexity index is 1420. The minimum atomic E-state index is -0.833. The zero-order valence-electron chi connectivity index (χ0n) is 25.9. The third kappa shape index (κ3) is 6.08. The molecule has 0 amide bonds. The minimum absolute atomic E-state index is 0.0102. The summed E-state index contributed by atoms with van der Waals surface area (Å²) in [5.41, 5.74) is 3.07. The highest BCUT2D eigenvalue weighted by Gasteiger charge is 2.58. The molecule has 232 valence electrons. The van der Waals surface area contributed by atoms with Gasteiger partial charge in [-0.15, -0.1) is 0 Å². The summed E-state index contributed by atoms with van der Waals surface area (Å²) < 4.78 is 19.6. The van der Waals surface area contributed by atoms with E-state index in [9.17, 15) is 14.4 Å². The van der Waals surface area contributed by atoms with Crippen LogP contribution in [0, 0.1) is 47.4 Å². The normalized spacial score (nSPS) is 24.5. The number of hydrogen-bond acceptors (Lipinski definition) is 6. The number of carbonyl (C=O) groups is 1. The van der Waals surface area contributed by atoms with Gasteiger partial charge in [0.1, 0.15) is 5.82 Å². The van der Waals surface area contributed by atoms with Gasteiger partial charge in [-0.1, -0.05) is 18.6 Å². The van der Waals surface area contributed by atoms with Gasteiger partial charge in [0, 0.05) is 61.6 Å². The molecule has 3 saturated heterocycles. The Labute approximate surface area is 261 Å². The number of anilines is 1. The highest BCUT2D eigenvalue weighted by atomic mass is 19.1. The smallest absolute Gasteiger partial charge is 0.305 e. The summed E-state index contributed by atoms with van der Waals surface area (Å²) >= 11 is 0. The fourth-order valence-corrected chi connectivity index (χ4v) is 8.50. The maximum atomic E-state index is 14.6. The van der Waals surface area contributed by atoms with Crippen LogP contribution in [0.1, 0.15) is 61.6 Å². The lowest BCUT2D eigenvalue weighted by molar-refractivity contribution is -0.142. The summed E-state index contributed by atoms with van der Waals surface area (Å²) in [5, 5.41) is 9.59. The lowest BCUT2D eigenvalue weighted by Gasteiger charge is -2.46. The molecular formula is C36H44FN5O2. The summed E-state index contributed by atoms with van der Waals surface area (Å²) in [6, 6.07) is 15.3. The first-order valence-electron chi connectivity index (χ1n) is 16.4. The highest BCUT2D eigenvalue weighted by molar-refractivity contribution is 5.69. The molecule has 1 saturated carbocycles. The number of ether oxygens (including phenoxy) is 1. The molecule has 3 heterocycles. The van der Waals surface area contributed by atoms with Crippen LogP contribution in [0.3, 0.4) is 0 Å². The van der Waals surface area contributed by atoms with Crippen molar-refractivity contribution >= 4 is 11.7 Å². The van der Waals surface area contributed by atoms with E-state index in [2.05, 4.69) is 37.7 Å². The Kier molecular flexibility index (Phi) is 9.21. The van der Waals surface area contributed by atoms with Crippen LogP contribution in [-0.2, 0) is 21.6 Å². The summed E-state index contributed by atoms with van der Waals surface area (Å²) in [6.07, 6.45) is 6.13. The maximum absolute atomic E-state index is 14.6. The van der Waals surface area contributed by atoms with Crippen LogP contribution in [0.25, 0.3) is 4.85 Å². The third-order valence-electron chi connectivity index (χ3n) is 11.0. The molecule has 2 aromatic carbocycles. The lowest BCUT2D eigenvalue weighted by atomic mass is 9.63. The van der Waals surface area contributed by atoms with Gasteiger partial charge in [-0.3, -0.25) is 9.69 Å². The van der Waals surface area contributed by atoms with Crippen LogP contribution >= 0.6 is 0 Å². The summed E-state index contributed by atoms with van der Waals surface area (Å²) in [6.45, 7) is 16.6. The second-order valence-electron chi connectivity index (χ2n) is 13.5. The average Bonchev–Trinajstić information content (AvgIpc) is 3.46. The van der Waals surface area contributed by atoms with Crippen LogP contribution < -0.4 is 4.90 Å². The molecular weight excluding hydrogens is 553 g/mol. The molecule has 0 spiro atoms. The molecule has 0 unspecified atom stereocenters. The number of likely N-dealkylation sites (tertiary alicyclic amines) is 2. The SMILES string of the molecule is [C-]#[N+][C@@](c1cccc(F)c1)(C1CCN(CC2CN(c3ccc(C#N)c(CN4CCC4)c3)C2)CC1)[C@H]1CCC[C@@H]1CC(=O)OC. The summed E-state index contributed by atoms with van der Waals surface area (Å²) in [7, 11) is 1.42. The standard InChI is InChI=1S/C36H44FN5O2/c1-39-36(31-7-4-8-32(37)20-31,34-9-3-6-27(34)19-35(43)44-2)30-12-16-41(17-13-30)22-26-23-42(24-26)33-11-10-28(21-38)29(18-33)25-40-14-5-15-40/h4,7-8,10-11,18,20,26-27,30,34H,3,5-6,9,12-17,19,22-25H2,2H3/t27-,34+,36-/m1/s1. The first kappa shape index (κ1) is 30.6. The van der Waals surface area contributed by atoms with E-state index in [4.69, 9.17) is 11.3 Å². The van der Waals surface area contributed by atoms with Crippen molar-refractivity contribution in [1.82, 2.24) is 9.80 Å². The number of nitriles is 1. The molecule has 6 rings (SSSR count). The topological polar surface area (TPSA) is 64.2 Å². The Morgan fingerprint density at radius 1 is 1.07 bits per heavy atom. The molecule has 4 aliphatic rings. The Morgan fingerprint density at radius 2 is 1.86 bits per heavy atom. The van der Waals surface area contributed by atoms with Gasteiger partial charge in [-0.25, -0.2) is 11.0 Å². The zero-order valence-corrected chi connectivity index (χ0v) is 25.9. The quantitative estimate of drug-likeness (QED) is 0.253. The fourth-order valence-electron chi connectivity index (χ4n) is 8.50. The predicted molar refractivity (Wildman–Crippen MR) is 168 cm³/mol. The lowest BCUT2D eigenvalue weighted by Crippen LogP contribution is -2.53. The van der Waals surface area contributed by atoms with E-state index in [0.717, 1.165) is 101 Å². The number of methoxy groups -OCH3 is 1. The van der Waals surface area contributed by atoms with E-state index in [-0.39, 0.29) is 29.5 Å². The second kappa shape index (κ2) is 13.3. The average molecular weight is 598 g/mol. The van der Waals surface area contributed by atoms with Crippen molar-refractivity contribution in [2.45, 2.75) is 57.0 Å². The van der Waals surface area contributed by atoms with E-state index in [0.29, 0.717) is 12.3 Å². The molecule has 0 N–H and O–H groups in total. The number of carbonyl (C=O) groups excluding carboxylic acids is 1. The van der Waals surface area contributed by atoms with Crippen molar-refractivity contribution < 1.29 is 13.9 Å². The Hall–Kier alpha value is -3.46. The van der Waals surface area contributed by atoms with E-state index < -0.39 is 5.54 Å². The third-order valence-corrected chi connectivity index (χ3v) is 11.0. The molecule has 1 aliphatic carbocycles. The van der Waals surface area contributed by atoms with Gasteiger partial charge in [-0.2, -0.15) is 5.26 Å². The van der Waals surface area contributed by atoms with Crippen LogP contribution in [-0.4, -0.2) is 68.7 Å². The van der Waals surface area contributed by atoms with Crippen LogP contribution in [0.5, 0.6) is 0 Å². The van der Waals surface area contributed by atoms with Crippen LogP contribution in [0.4, 0.5) is 10.1 Å². The first-order chi connectivity index (χ1) is 21.4. The van der Waals surface area contributed by atoms with Crippen molar-refractivity contribution in [3.63, 3.8) is 0 Å². The monoisotopic (exact) mass is 597 g/mol. The molecule has 0 radical (unpaired) electrons. The number of esters is 1. The van der Waals surface area contributed by atoms with Gasteiger partial charge in [0.25, 0.3) is 5.54 Å². The van der Waals surface area contributed by atoms with Gasteiger partial charge < -0.3 is 19.4 Å². The number of benzene rings is 2. The molecule has 8 heteroatoms. The summed E-state index contributed by atoms with van der Waals surface area (Å²) in [4.78, 5) is 24.1. The number of nitrogens with zero attached hydrogens (tertiary/aromatic N) is 5. The van der Waals surface area contributed by atoms with Gasteiger partial charge in [0.15, 0.2) is 0 Å². The van der Waals surface area contributed by atoms with E-state index in [1.54, 1.807) is 12.1 Å². The molecule has 3 atom stereocenters. The van der Waals surface area contributed by atoms with Crippen molar-refractivity contribution in [3.05, 3.63) is 76.4 Å². The van der Waals surface area contributed by atoms with Crippen molar-refractivity contribution in [3.8, 4) is 6.07 Å². The number of piperidine rings is 1. The Balaban J connectivity index is 1.10. The van der Waals surface area contributed by atoms with E-state index in [1.807, 2.05) is 12.1 Å². The molecule has 3 aliphatic heterocycles. The van der Waals surface area contributed by atoms with E-state index in [1.165, 1.54) is 25.3 Å². The number of hydrogen-bond donors (Lipinski definition) is 0. The second-order valence-corrected chi connectivity index (χ2v) is 13.5. The molecule has 2 aromatic rings. The fraction of sp³-hybridized carbons (Fsp3) is 0.583. The van der Waals surface area contributed by atoms with Gasteiger partial charge >= 0.3 is 5.97 Å². The van der Waals surface area contributed by atoms with Crippen molar-refractivity contribution in [1.29, 1.82) is 5.26 Å². The zero-order chi connectivity index (χ0) is 30.7. The van der Waals surface area contributed by atoms with Crippen molar-refractivity contribution in [2.24, 2.45) is 23.7 Å². The van der Waals surface area contributed by atoms with Gasteiger partial charge in [-0.05, 0) is 100 Å². The number of halogens is 1. The molecule has 0 bridgehead atoms. The van der Waals surface area contributed by atoms with Crippen molar-refractivity contribution in [2.75, 3.05) is 57.8 Å². The highest BCUT2D eigenvalue weighted by Crippen LogP contribution is 2.54. The molecule has 44 heavy (non-hydrogen) atoms. The largest absolute Gasteiger partial charge is 0.469 e. The molecule has 0 aromatic heterocycles. The minimum Gasteiger partial charge on any atom is -0.469 e. The number of rotatable bonds is 10. The molecule has 4 fully saturated rings. The first-order valence-corrected chi connectivity index (χ1v) is 16.4. The summed E-state index contributed by atoms with van der Waals surface area (Å²) in [5.74, 6) is 0.262. The van der Waals surface area contributed by atoms with Crippen LogP contribution in [0.15, 0.2) is 42.5 Å². The predicted octanol–water partition coefficient (Wildman–Crippen LogP) is 5.85. The van der Waals surface area contributed by atoms with E-state index >= 15 is 0 Å². The van der Waals surface area contributed by atoms with Gasteiger partial charge in [0.05, 0.1) is 18.7 Å².